The molecule has 0 atom stereocenters. The van der Waals surface area contributed by atoms with Crippen molar-refractivity contribution in [3.63, 3.8) is 0 Å². The molecule has 0 unspecified atom stereocenters. The van der Waals surface area contributed by atoms with Crippen LogP contribution in [0.4, 0.5) is 0 Å². The first kappa shape index (κ1) is 30.3. The van der Waals surface area contributed by atoms with E-state index in [-0.39, 0.29) is 57.9 Å². The van der Waals surface area contributed by atoms with Gasteiger partial charge in [-0.1, -0.05) is 6.07 Å². The molecule has 0 aliphatic rings. The zero-order chi connectivity index (χ0) is 29.9. The van der Waals surface area contributed by atoms with Crippen molar-refractivity contribution in [2.45, 2.75) is 0 Å². The van der Waals surface area contributed by atoms with Crippen molar-refractivity contribution in [3.05, 3.63) is 65.1 Å². The Hall–Kier alpha value is -4.14. The van der Waals surface area contributed by atoms with Crippen molar-refractivity contribution in [2.24, 2.45) is 0 Å². The predicted octanol–water partition coefficient (Wildman–Crippen LogP) is 1.60. The minimum Gasteiger partial charge on any atom is -0.716 e. The predicted molar refractivity (Wildman–Crippen MR) is 152 cm³/mol. The van der Waals surface area contributed by atoms with Crippen LogP contribution in [0.3, 0.4) is 0 Å². The van der Waals surface area contributed by atoms with Crippen molar-refractivity contribution < 1.29 is 75.2 Å². The van der Waals surface area contributed by atoms with Crippen molar-refractivity contribution in [1.82, 2.24) is 4.40 Å². The molecule has 0 amide bonds. The summed E-state index contributed by atoms with van der Waals surface area (Å²) >= 11 is 0. The molecule has 43 heavy (non-hydrogen) atoms. The standard InChI is InChI=1S/C29H23NO11S.Na/c1-36-19-6-5-15(9-18(19)31)25-26-17-12-23(39-4)24(41-42(33,34)35)13-20(17)40-29(32)28(26)30-8-7-14-10-21(37-2)22(38-3)11-16(14)27(25)30;/h5-13,31H,1-4H3,(H,33,34,35);/q;+1/p-1. The van der Waals surface area contributed by atoms with E-state index in [9.17, 15) is 22.9 Å². The molecule has 0 radical (unpaired) electrons. The van der Waals surface area contributed by atoms with Gasteiger partial charge < -0.3 is 41.6 Å². The molecule has 0 bridgehead atoms. The Balaban J connectivity index is 0.00000368. The van der Waals surface area contributed by atoms with E-state index < -0.39 is 21.8 Å². The zero-order valence-electron chi connectivity index (χ0n) is 23.6. The van der Waals surface area contributed by atoms with Gasteiger partial charge >= 0.3 is 35.2 Å². The number of phenols is 1. The van der Waals surface area contributed by atoms with Gasteiger partial charge in [-0.3, -0.25) is 0 Å². The minimum absolute atomic E-state index is 0. The molecule has 3 aromatic carbocycles. The first-order chi connectivity index (χ1) is 20.1. The van der Waals surface area contributed by atoms with Gasteiger partial charge in [0.25, 0.3) is 10.4 Å². The number of methoxy groups -OCH3 is 4. The van der Waals surface area contributed by atoms with Crippen LogP contribution >= 0.6 is 0 Å². The fourth-order valence-corrected chi connectivity index (χ4v) is 5.64. The van der Waals surface area contributed by atoms with Gasteiger partial charge in [-0.15, -0.1) is 0 Å². The summed E-state index contributed by atoms with van der Waals surface area (Å²) in [5, 5.41) is 12.9. The normalized spacial score (nSPS) is 11.6. The van der Waals surface area contributed by atoms with Crippen LogP contribution in [0.1, 0.15) is 0 Å². The Labute approximate surface area is 266 Å². The molecular weight excluding hydrogens is 593 g/mol. The van der Waals surface area contributed by atoms with Gasteiger partial charge in [-0.05, 0) is 47.3 Å². The Morgan fingerprint density at radius 1 is 0.791 bits per heavy atom. The summed E-state index contributed by atoms with van der Waals surface area (Å²) in [5.41, 5.74) is 0.978. The van der Waals surface area contributed by atoms with E-state index in [2.05, 4.69) is 4.18 Å². The molecular formula is C29H22NNaO11S. The van der Waals surface area contributed by atoms with Crippen LogP contribution in [-0.4, -0.2) is 50.9 Å². The smallest absolute Gasteiger partial charge is 0.716 e. The molecule has 0 saturated carbocycles. The second kappa shape index (κ2) is 11.2. The first-order valence-electron chi connectivity index (χ1n) is 12.3. The van der Waals surface area contributed by atoms with Gasteiger partial charge in [-0.25, -0.2) is 13.2 Å². The molecule has 0 fully saturated rings. The number of phenolic OH excluding ortho intramolecular Hbond substituents is 1. The molecule has 0 saturated heterocycles. The molecule has 3 aromatic heterocycles. The summed E-state index contributed by atoms with van der Waals surface area (Å²) in [4.78, 5) is 13.6. The van der Waals surface area contributed by atoms with E-state index in [1.54, 1.807) is 40.9 Å². The maximum Gasteiger partial charge on any atom is 1.00 e. The van der Waals surface area contributed by atoms with E-state index in [1.165, 1.54) is 40.6 Å². The molecule has 6 aromatic rings. The second-order valence-corrected chi connectivity index (χ2v) is 10.2. The van der Waals surface area contributed by atoms with Crippen LogP contribution in [0.15, 0.2) is 63.9 Å². The molecule has 3 heterocycles. The van der Waals surface area contributed by atoms with Crippen LogP contribution in [0, 0.1) is 0 Å². The Bertz CT molecular complexity index is 2240. The molecule has 216 valence electrons. The van der Waals surface area contributed by atoms with Gasteiger partial charge in [0.15, 0.2) is 34.5 Å². The Kier molecular flexibility index (Phi) is 7.88. The zero-order valence-corrected chi connectivity index (χ0v) is 26.4. The third-order valence-electron chi connectivity index (χ3n) is 7.01. The number of aromatic nitrogens is 1. The van der Waals surface area contributed by atoms with Crippen LogP contribution in [0.5, 0.6) is 34.5 Å². The quantitative estimate of drug-likeness (QED) is 0.120. The number of benzene rings is 3. The number of rotatable bonds is 7. The Morgan fingerprint density at radius 2 is 1.42 bits per heavy atom. The molecule has 1 N–H and O–H groups in total. The van der Waals surface area contributed by atoms with Crippen molar-refractivity contribution in [2.75, 3.05) is 28.4 Å². The SMILES string of the molecule is COc1ccc(-c2c3c4cc(OC)c(OS(=O)(=O)[O-])cc4oc(=O)c3n3ccc4cc(OC)c(OC)cc4c23)cc1O.[Na+]. The first-order valence-corrected chi connectivity index (χ1v) is 13.6. The number of pyridine rings is 1. The molecule has 0 aliphatic carbocycles. The number of aromatic hydroxyl groups is 1. The number of fused-ring (bicyclic) bond motifs is 7. The van der Waals surface area contributed by atoms with Crippen molar-refractivity contribution >= 4 is 48.6 Å². The largest absolute Gasteiger partial charge is 1.00 e. The number of nitrogens with zero attached hydrogens (tertiary/aromatic N) is 1. The summed E-state index contributed by atoms with van der Waals surface area (Å²) in [5.74, 6) is 0.526. The average molecular weight is 616 g/mol. The van der Waals surface area contributed by atoms with E-state index in [4.69, 9.17) is 23.4 Å². The van der Waals surface area contributed by atoms with Crippen LogP contribution in [0.25, 0.3) is 49.3 Å². The topological polar surface area (TPSA) is 158 Å². The van der Waals surface area contributed by atoms with Crippen LogP contribution < -0.4 is 58.3 Å². The van der Waals surface area contributed by atoms with Crippen molar-refractivity contribution in [3.8, 4) is 45.6 Å². The van der Waals surface area contributed by atoms with Gasteiger partial charge in [0, 0.05) is 34.0 Å². The van der Waals surface area contributed by atoms with Gasteiger partial charge in [0.05, 0.1) is 34.0 Å². The number of hydrogen-bond acceptors (Lipinski definition) is 11. The Morgan fingerprint density at radius 3 is 2.05 bits per heavy atom. The van der Waals surface area contributed by atoms with E-state index in [0.717, 1.165) is 11.5 Å². The summed E-state index contributed by atoms with van der Waals surface area (Å²) in [6.07, 6.45) is 1.71. The average Bonchev–Trinajstić information content (AvgIpc) is 3.31. The molecule has 6 rings (SSSR count). The van der Waals surface area contributed by atoms with Crippen molar-refractivity contribution in [1.29, 1.82) is 0 Å². The summed E-state index contributed by atoms with van der Waals surface area (Å²) in [7, 11) is 0.572. The monoisotopic (exact) mass is 615 g/mol. The van der Waals surface area contributed by atoms with Gasteiger partial charge in [-0.2, -0.15) is 0 Å². The second-order valence-electron chi connectivity index (χ2n) is 9.19. The van der Waals surface area contributed by atoms with Gasteiger partial charge in [0.2, 0.25) is 0 Å². The molecule has 14 heteroatoms. The van der Waals surface area contributed by atoms with E-state index in [0.29, 0.717) is 44.3 Å². The number of hydrogen-bond donors (Lipinski definition) is 1. The summed E-state index contributed by atoms with van der Waals surface area (Å²) in [6, 6.07) is 12.7. The van der Waals surface area contributed by atoms with E-state index >= 15 is 0 Å². The maximum atomic E-state index is 13.6. The maximum absolute atomic E-state index is 13.6. The van der Waals surface area contributed by atoms with Crippen LogP contribution in [0.2, 0.25) is 0 Å². The molecule has 0 aliphatic heterocycles. The third-order valence-corrected chi connectivity index (χ3v) is 7.39. The fourth-order valence-electron chi connectivity index (χ4n) is 5.29. The summed E-state index contributed by atoms with van der Waals surface area (Å²) in [6.45, 7) is 0. The van der Waals surface area contributed by atoms with Gasteiger partial charge in [0.1, 0.15) is 11.1 Å². The molecule has 0 spiro atoms. The van der Waals surface area contributed by atoms with Crippen LogP contribution in [-0.2, 0) is 10.4 Å². The minimum atomic E-state index is -5.17. The van der Waals surface area contributed by atoms with E-state index in [1.807, 2.05) is 0 Å². The summed E-state index contributed by atoms with van der Waals surface area (Å²) < 4.78 is 67.6. The third kappa shape index (κ3) is 4.98. The fraction of sp³-hybridized carbons (Fsp3) is 0.138. The number of ether oxygens (including phenoxy) is 4. The molecule has 12 nitrogen and oxygen atoms in total.